The number of carboxylic acid groups (broad SMARTS) is 2. The molecule has 0 saturated heterocycles. The Bertz CT molecular complexity index is 108. The van der Waals surface area contributed by atoms with Gasteiger partial charge in [-0.2, -0.15) is 0 Å². The van der Waals surface area contributed by atoms with Crippen molar-refractivity contribution in [3.05, 3.63) is 0 Å². The molecule has 0 aromatic heterocycles. The minimum atomic E-state index is -1.31. The molecule has 0 spiro atoms. The number of rotatable bonds is 2. The van der Waals surface area contributed by atoms with E-state index in [9.17, 15) is 9.59 Å². The van der Waals surface area contributed by atoms with Gasteiger partial charge in [0.05, 0.1) is 0 Å². The van der Waals surface area contributed by atoms with Crippen LogP contribution in [-0.4, -0.2) is 45.2 Å². The molecule has 0 amide bonds. The highest BCUT2D eigenvalue weighted by Gasteiger charge is 2.18. The van der Waals surface area contributed by atoms with Gasteiger partial charge in [-0.15, -0.1) is 0 Å². The molecule has 0 aliphatic carbocycles. The second kappa shape index (κ2) is 4.57. The highest BCUT2D eigenvalue weighted by molar-refractivity contribution is 5.92. The summed E-state index contributed by atoms with van der Waals surface area (Å²) >= 11 is 0. The molecule has 0 fully saturated rings. The van der Waals surface area contributed by atoms with Crippen molar-refractivity contribution in [3.8, 4) is 0 Å². The quantitative estimate of drug-likeness (QED) is 0.380. The average Bonchev–Trinajstić information content (AvgIpc) is 1.64. The van der Waals surface area contributed by atoms with E-state index in [0.29, 0.717) is 0 Å². The first-order chi connectivity index (χ1) is 3.55. The van der Waals surface area contributed by atoms with Crippen LogP contribution in [0, 0.1) is 5.92 Å². The lowest BCUT2D eigenvalue weighted by molar-refractivity contribution is -0.153. The second-order valence-electron chi connectivity index (χ2n) is 1.40. The summed E-state index contributed by atoms with van der Waals surface area (Å²) in [7, 11) is 0. The molecule has 5 heteroatoms. The lowest BCUT2D eigenvalue weighted by atomic mass is 10.2. The summed E-state index contributed by atoms with van der Waals surface area (Å²) < 4.78 is 0. The summed E-state index contributed by atoms with van der Waals surface area (Å²) in [5, 5.41) is 15.9. The Morgan fingerprint density at radius 2 is 1.44 bits per heavy atom. The minimum absolute atomic E-state index is 0. The molecule has 0 atom stereocenters. The zero-order valence-corrected chi connectivity index (χ0v) is 4.29. The molecule has 50 valence electrons. The topological polar surface area (TPSA) is 74.6 Å². The molecule has 0 unspecified atom stereocenters. The zero-order chi connectivity index (χ0) is 6.73. The number of carbonyl (C=O) groups is 2. The van der Waals surface area contributed by atoms with E-state index >= 15 is 0 Å². The Hall–Kier alpha value is -0.294. The molecular weight excluding hydrogens is 136 g/mol. The molecule has 2 N–H and O–H groups in total. The molecule has 0 aliphatic heterocycles. The summed E-state index contributed by atoms with van der Waals surface area (Å²) in [6.07, 6.45) is 0. The molecule has 4 nitrogen and oxygen atoms in total. The molecule has 0 aromatic rings. The Labute approximate surface area is 68.0 Å². The molecule has 0 heterocycles. The molecule has 9 heavy (non-hydrogen) atoms. The minimum Gasteiger partial charge on any atom is -0.481 e. The van der Waals surface area contributed by atoms with E-state index in [4.69, 9.17) is 10.2 Å². The van der Waals surface area contributed by atoms with Crippen LogP contribution in [0.3, 0.4) is 0 Å². The highest BCUT2D eigenvalue weighted by Crippen LogP contribution is 1.91. The van der Waals surface area contributed by atoms with Crippen LogP contribution in [-0.2, 0) is 9.59 Å². The first kappa shape index (κ1) is 11.5. The van der Waals surface area contributed by atoms with E-state index in [1.807, 2.05) is 0 Å². The fourth-order valence-electron chi connectivity index (χ4n) is 0.106. The maximum Gasteiger partial charge on any atom is 0.317 e. The van der Waals surface area contributed by atoms with Gasteiger partial charge in [-0.05, 0) is 6.92 Å². The van der Waals surface area contributed by atoms with Gasteiger partial charge in [-0.25, -0.2) is 0 Å². The third kappa shape index (κ3) is 4.23. The molecule has 0 aromatic carbocycles. The van der Waals surface area contributed by atoms with E-state index in [-0.39, 0.29) is 23.1 Å². The van der Waals surface area contributed by atoms with Crippen LogP contribution in [0.2, 0.25) is 0 Å². The monoisotopic (exact) mass is 144 g/mol. The van der Waals surface area contributed by atoms with Crippen LogP contribution < -0.4 is 0 Å². The van der Waals surface area contributed by atoms with Crippen LogP contribution in [0.5, 0.6) is 0 Å². The maximum atomic E-state index is 9.76. The van der Waals surface area contributed by atoms with Gasteiger partial charge in [0.25, 0.3) is 0 Å². The van der Waals surface area contributed by atoms with Crippen molar-refractivity contribution < 1.29 is 19.8 Å². The van der Waals surface area contributed by atoms with Crippen molar-refractivity contribution in [2.75, 3.05) is 0 Å². The smallest absolute Gasteiger partial charge is 0.317 e. The van der Waals surface area contributed by atoms with Crippen molar-refractivity contribution in [1.29, 1.82) is 0 Å². The van der Waals surface area contributed by atoms with Crippen molar-refractivity contribution in [2.45, 2.75) is 6.92 Å². The predicted octanol–water partition coefficient (Wildman–Crippen LogP) is -1.12. The van der Waals surface area contributed by atoms with Crippen LogP contribution >= 0.6 is 0 Å². The molecule has 0 radical (unpaired) electrons. The fourth-order valence-corrected chi connectivity index (χ4v) is 0.106. The Balaban J connectivity index is 0. The third-order valence-electron chi connectivity index (χ3n) is 0.741. The second-order valence-corrected chi connectivity index (χ2v) is 1.40. The van der Waals surface area contributed by atoms with Crippen LogP contribution in [0.25, 0.3) is 0 Å². The van der Waals surface area contributed by atoms with Crippen molar-refractivity contribution >= 4 is 35.0 Å². The normalized spacial score (nSPS) is 8.22. The van der Waals surface area contributed by atoms with Gasteiger partial charge in [-0.1, -0.05) is 0 Å². The summed E-state index contributed by atoms with van der Waals surface area (Å²) in [6, 6.07) is 0. The van der Waals surface area contributed by atoms with Gasteiger partial charge in [0.15, 0.2) is 5.92 Å². The summed E-state index contributed by atoms with van der Waals surface area (Å²) in [5.74, 6) is -3.91. The van der Waals surface area contributed by atoms with E-state index < -0.39 is 17.9 Å². The van der Waals surface area contributed by atoms with Crippen molar-refractivity contribution in [3.63, 3.8) is 0 Å². The molecule has 0 saturated carbocycles. The van der Waals surface area contributed by atoms with E-state index in [1.54, 1.807) is 0 Å². The fraction of sp³-hybridized carbons (Fsp3) is 0.500. The predicted molar refractivity (Wildman–Crippen MR) is 33.0 cm³/mol. The molecule has 0 aliphatic rings. The number of aliphatic carboxylic acids is 2. The Morgan fingerprint density at radius 3 is 1.44 bits per heavy atom. The maximum absolute atomic E-state index is 9.76. The Kier molecular flexibility index (Phi) is 5.84. The first-order valence-electron chi connectivity index (χ1n) is 2.01. The SMILES string of the molecule is CC(C(=O)O)C(=O)O.[MgH2]. The highest BCUT2D eigenvalue weighted by atomic mass is 24.3. The summed E-state index contributed by atoms with van der Waals surface area (Å²) in [4.78, 5) is 19.5. The standard InChI is InChI=1S/C4H6O4.Mg.2H/c1-2(3(5)6)4(7)8;;;/h2H,1H3,(H,5,6)(H,7,8);;;. The molecular formula is C4H8MgO4. The largest absolute Gasteiger partial charge is 0.481 e. The van der Waals surface area contributed by atoms with Gasteiger partial charge in [0.1, 0.15) is 0 Å². The first-order valence-corrected chi connectivity index (χ1v) is 2.01. The van der Waals surface area contributed by atoms with E-state index in [2.05, 4.69) is 0 Å². The Morgan fingerprint density at radius 1 is 1.22 bits per heavy atom. The van der Waals surface area contributed by atoms with Gasteiger partial charge >= 0.3 is 35.0 Å². The number of carboxylic acids is 2. The van der Waals surface area contributed by atoms with Crippen LogP contribution in [0.1, 0.15) is 6.92 Å². The van der Waals surface area contributed by atoms with Crippen molar-refractivity contribution in [1.82, 2.24) is 0 Å². The molecule has 0 bridgehead atoms. The van der Waals surface area contributed by atoms with Crippen molar-refractivity contribution in [2.24, 2.45) is 5.92 Å². The lowest BCUT2D eigenvalue weighted by Crippen LogP contribution is -2.19. The van der Waals surface area contributed by atoms with Gasteiger partial charge in [-0.3, -0.25) is 9.59 Å². The van der Waals surface area contributed by atoms with Gasteiger partial charge < -0.3 is 10.2 Å². The third-order valence-corrected chi connectivity index (χ3v) is 0.741. The number of hydrogen-bond acceptors (Lipinski definition) is 2. The van der Waals surface area contributed by atoms with Crippen LogP contribution in [0.4, 0.5) is 0 Å². The van der Waals surface area contributed by atoms with Crippen LogP contribution in [0.15, 0.2) is 0 Å². The summed E-state index contributed by atoms with van der Waals surface area (Å²) in [5.41, 5.74) is 0. The molecule has 0 rings (SSSR count). The van der Waals surface area contributed by atoms with Gasteiger partial charge in [0.2, 0.25) is 0 Å². The van der Waals surface area contributed by atoms with E-state index in [0.717, 1.165) is 6.92 Å². The average molecular weight is 144 g/mol. The zero-order valence-electron chi connectivity index (χ0n) is 4.29. The van der Waals surface area contributed by atoms with Gasteiger partial charge in [0, 0.05) is 0 Å². The lowest BCUT2D eigenvalue weighted by Gasteiger charge is -1.94. The van der Waals surface area contributed by atoms with E-state index in [1.165, 1.54) is 0 Å². The summed E-state index contributed by atoms with van der Waals surface area (Å²) in [6.45, 7) is 1.12. The number of hydrogen-bond donors (Lipinski definition) is 2.